The fraction of sp³-hybridized carbons (Fsp3) is 0.348. The molecule has 0 bridgehead atoms. The number of carbonyl (C=O) groups is 1. The molecule has 0 N–H and O–H groups in total. The minimum atomic E-state index is 0.0489. The number of ketones is 1. The highest BCUT2D eigenvalue weighted by atomic mass is 16.1. The van der Waals surface area contributed by atoms with E-state index in [1.165, 1.54) is 11.1 Å². The molecule has 0 atom stereocenters. The number of aryl methyl sites for hydroxylation is 1. The summed E-state index contributed by atoms with van der Waals surface area (Å²) in [6, 6.07) is 16.4. The van der Waals surface area contributed by atoms with Gasteiger partial charge in [-0.1, -0.05) is 68.5 Å². The molecule has 0 unspecified atom stereocenters. The summed E-state index contributed by atoms with van der Waals surface area (Å²) >= 11 is 0. The van der Waals surface area contributed by atoms with Gasteiger partial charge in [-0.3, -0.25) is 4.79 Å². The van der Waals surface area contributed by atoms with Crippen molar-refractivity contribution in [2.24, 2.45) is 0 Å². The number of rotatable bonds is 8. The summed E-state index contributed by atoms with van der Waals surface area (Å²) in [5, 5.41) is 0. The minimum Gasteiger partial charge on any atom is -0.309 e. The van der Waals surface area contributed by atoms with Gasteiger partial charge in [-0.25, -0.2) is 0 Å². The van der Waals surface area contributed by atoms with Crippen LogP contribution in [0.2, 0.25) is 0 Å². The van der Waals surface area contributed by atoms with E-state index in [-0.39, 0.29) is 5.78 Å². The average Bonchev–Trinajstić information content (AvgIpc) is 2.60. The molecule has 25 heavy (non-hydrogen) atoms. The zero-order valence-electron chi connectivity index (χ0n) is 15.8. The third-order valence-corrected chi connectivity index (χ3v) is 4.34. The highest BCUT2D eigenvalue weighted by molar-refractivity contribution is 6.06. The van der Waals surface area contributed by atoms with Gasteiger partial charge in [-0.2, -0.15) is 0 Å². The second kappa shape index (κ2) is 9.33. The average molecular weight is 335 g/mol. The molecule has 0 saturated heterocycles. The lowest BCUT2D eigenvalue weighted by Crippen LogP contribution is -2.13. The van der Waals surface area contributed by atoms with E-state index in [4.69, 9.17) is 0 Å². The van der Waals surface area contributed by atoms with E-state index in [0.29, 0.717) is 5.92 Å². The Morgan fingerprint density at radius 1 is 1.00 bits per heavy atom. The summed E-state index contributed by atoms with van der Waals surface area (Å²) in [5.74, 6) is 0.573. The summed E-state index contributed by atoms with van der Waals surface area (Å²) in [4.78, 5) is 14.5. The molecule has 0 aliphatic rings. The van der Waals surface area contributed by atoms with Crippen LogP contribution in [0.5, 0.6) is 0 Å². The van der Waals surface area contributed by atoms with Crippen molar-refractivity contribution in [2.75, 3.05) is 20.6 Å². The first-order valence-electron chi connectivity index (χ1n) is 9.02. The quantitative estimate of drug-likeness (QED) is 0.488. The number of allylic oxidation sites excluding steroid dienone is 1. The molecule has 2 rings (SSSR count). The molecule has 0 aromatic heterocycles. The highest BCUT2D eigenvalue weighted by Gasteiger charge is 2.03. The van der Waals surface area contributed by atoms with Gasteiger partial charge in [0.05, 0.1) is 0 Å². The predicted molar refractivity (Wildman–Crippen MR) is 107 cm³/mol. The molecule has 132 valence electrons. The summed E-state index contributed by atoms with van der Waals surface area (Å²) in [6.45, 7) is 5.44. The second-order valence-corrected chi connectivity index (χ2v) is 7.12. The van der Waals surface area contributed by atoms with Crippen molar-refractivity contribution in [3.05, 3.63) is 76.9 Å². The van der Waals surface area contributed by atoms with Gasteiger partial charge >= 0.3 is 0 Å². The van der Waals surface area contributed by atoms with Crippen LogP contribution in [0.4, 0.5) is 0 Å². The van der Waals surface area contributed by atoms with Gasteiger partial charge in [-0.05, 0) is 62.2 Å². The largest absolute Gasteiger partial charge is 0.309 e. The lowest BCUT2D eigenvalue weighted by Gasteiger charge is -2.09. The number of carbonyl (C=O) groups excluding carboxylic acids is 1. The van der Waals surface area contributed by atoms with Gasteiger partial charge in [0, 0.05) is 5.56 Å². The molecule has 0 fully saturated rings. The molecule has 2 heteroatoms. The molecule has 0 aliphatic heterocycles. The Kier molecular flexibility index (Phi) is 7.15. The van der Waals surface area contributed by atoms with Crippen LogP contribution < -0.4 is 0 Å². The Balaban J connectivity index is 1.93. The van der Waals surface area contributed by atoms with Gasteiger partial charge in [-0.15, -0.1) is 0 Å². The molecule has 2 nitrogen and oxygen atoms in total. The van der Waals surface area contributed by atoms with Gasteiger partial charge < -0.3 is 4.90 Å². The number of hydrogen-bond donors (Lipinski definition) is 0. The number of nitrogens with zero attached hydrogens (tertiary/aromatic N) is 1. The molecule has 0 radical (unpaired) electrons. The zero-order chi connectivity index (χ0) is 18.2. The summed E-state index contributed by atoms with van der Waals surface area (Å²) in [5.41, 5.74) is 4.39. The van der Waals surface area contributed by atoms with E-state index in [1.54, 1.807) is 6.08 Å². The smallest absolute Gasteiger partial charge is 0.185 e. The van der Waals surface area contributed by atoms with E-state index in [0.717, 1.165) is 30.5 Å². The maximum Gasteiger partial charge on any atom is 0.185 e. The third kappa shape index (κ3) is 6.32. The Labute approximate surface area is 152 Å². The van der Waals surface area contributed by atoms with Crippen molar-refractivity contribution in [1.29, 1.82) is 0 Å². The van der Waals surface area contributed by atoms with E-state index in [2.05, 4.69) is 69.2 Å². The normalized spacial score (nSPS) is 11.6. The molecule has 2 aromatic rings. The Hall–Kier alpha value is -2.19. The van der Waals surface area contributed by atoms with Gasteiger partial charge in [0.25, 0.3) is 0 Å². The van der Waals surface area contributed by atoms with E-state index >= 15 is 0 Å². The minimum absolute atomic E-state index is 0.0489. The third-order valence-electron chi connectivity index (χ3n) is 4.34. The Morgan fingerprint density at radius 2 is 1.64 bits per heavy atom. The number of hydrogen-bond acceptors (Lipinski definition) is 2. The number of benzene rings is 2. The van der Waals surface area contributed by atoms with Crippen molar-refractivity contribution in [2.45, 2.75) is 32.6 Å². The van der Waals surface area contributed by atoms with E-state index in [9.17, 15) is 4.79 Å². The molecule has 2 aromatic carbocycles. The van der Waals surface area contributed by atoms with Crippen molar-refractivity contribution in [3.8, 4) is 0 Å². The Bertz CT molecular complexity index is 694. The highest BCUT2D eigenvalue weighted by Crippen LogP contribution is 2.16. The molecular formula is C23H29NO. The lowest BCUT2D eigenvalue weighted by atomic mass is 10.0. The van der Waals surface area contributed by atoms with Gasteiger partial charge in [0.1, 0.15) is 0 Å². The SMILES string of the molecule is CC(C)c1ccc(/C=C/C(=O)c2ccc(CCCN(C)C)cc2)cc1. The lowest BCUT2D eigenvalue weighted by molar-refractivity contribution is 0.104. The second-order valence-electron chi connectivity index (χ2n) is 7.12. The van der Waals surface area contributed by atoms with Gasteiger partial charge in [0.15, 0.2) is 5.78 Å². The first-order valence-corrected chi connectivity index (χ1v) is 9.02. The summed E-state index contributed by atoms with van der Waals surface area (Å²) in [7, 11) is 4.18. The first kappa shape index (κ1) is 19.1. The molecule has 0 amide bonds. The summed E-state index contributed by atoms with van der Waals surface area (Å²) < 4.78 is 0. The summed E-state index contributed by atoms with van der Waals surface area (Å²) in [6.07, 6.45) is 5.72. The Morgan fingerprint density at radius 3 is 2.20 bits per heavy atom. The topological polar surface area (TPSA) is 20.3 Å². The van der Waals surface area contributed by atoms with Crippen LogP contribution in [-0.4, -0.2) is 31.3 Å². The predicted octanol–water partition coefficient (Wildman–Crippen LogP) is 5.20. The van der Waals surface area contributed by atoms with E-state index in [1.807, 2.05) is 18.2 Å². The van der Waals surface area contributed by atoms with Crippen molar-refractivity contribution >= 4 is 11.9 Å². The zero-order valence-corrected chi connectivity index (χ0v) is 15.8. The maximum absolute atomic E-state index is 12.3. The fourth-order valence-corrected chi connectivity index (χ4v) is 2.70. The van der Waals surface area contributed by atoms with Crippen LogP contribution in [0.15, 0.2) is 54.6 Å². The van der Waals surface area contributed by atoms with Gasteiger partial charge in [0.2, 0.25) is 0 Å². The van der Waals surface area contributed by atoms with E-state index < -0.39 is 0 Å². The van der Waals surface area contributed by atoms with Crippen LogP contribution in [0.3, 0.4) is 0 Å². The van der Waals surface area contributed by atoms with Crippen LogP contribution >= 0.6 is 0 Å². The monoisotopic (exact) mass is 335 g/mol. The van der Waals surface area contributed by atoms with Crippen molar-refractivity contribution < 1.29 is 4.79 Å². The molecule has 0 saturated carbocycles. The van der Waals surface area contributed by atoms with Crippen molar-refractivity contribution in [1.82, 2.24) is 4.90 Å². The standard InChI is InChI=1S/C23H29NO/c1-18(2)21-12-7-20(8-13-21)11-16-23(25)22-14-9-19(10-15-22)6-5-17-24(3)4/h7-16,18H,5-6,17H2,1-4H3/b16-11+. The maximum atomic E-state index is 12.3. The van der Waals surface area contributed by atoms with Crippen LogP contribution in [0, 0.1) is 0 Å². The molecule has 0 heterocycles. The first-order chi connectivity index (χ1) is 12.0. The molecule has 0 aliphatic carbocycles. The molecule has 0 spiro atoms. The van der Waals surface area contributed by atoms with Crippen LogP contribution in [-0.2, 0) is 6.42 Å². The fourth-order valence-electron chi connectivity index (χ4n) is 2.70. The van der Waals surface area contributed by atoms with Crippen LogP contribution in [0.25, 0.3) is 6.08 Å². The van der Waals surface area contributed by atoms with Crippen molar-refractivity contribution in [3.63, 3.8) is 0 Å². The van der Waals surface area contributed by atoms with Crippen LogP contribution in [0.1, 0.15) is 53.2 Å². The molecular weight excluding hydrogens is 306 g/mol.